The zero-order chi connectivity index (χ0) is 15.0. The Morgan fingerprint density at radius 2 is 2.19 bits per heavy atom. The average Bonchev–Trinajstić information content (AvgIpc) is 2.87. The second-order valence-electron chi connectivity index (χ2n) is 4.58. The van der Waals surface area contributed by atoms with Crippen molar-refractivity contribution < 1.29 is 19.1 Å². The molecule has 2 aromatic rings. The number of hydrogen-bond acceptors (Lipinski definition) is 6. The standard InChI is InChI=1S/C15H12N2O4/c1-8-11(14(18)20-2)12(9-4-3-5-16-6-9)13-10(17-8)7-21-15(13)19/h3-6H,7H2,1-2H3. The van der Waals surface area contributed by atoms with Crippen LogP contribution >= 0.6 is 0 Å². The lowest BCUT2D eigenvalue weighted by atomic mass is 9.94. The summed E-state index contributed by atoms with van der Waals surface area (Å²) in [6, 6.07) is 3.51. The minimum atomic E-state index is -0.540. The van der Waals surface area contributed by atoms with E-state index in [1.807, 2.05) is 0 Å². The van der Waals surface area contributed by atoms with E-state index >= 15 is 0 Å². The van der Waals surface area contributed by atoms with Crippen molar-refractivity contribution in [2.45, 2.75) is 13.5 Å². The molecular weight excluding hydrogens is 272 g/mol. The van der Waals surface area contributed by atoms with Crippen molar-refractivity contribution in [3.05, 3.63) is 47.0 Å². The van der Waals surface area contributed by atoms with Crippen LogP contribution in [-0.2, 0) is 16.1 Å². The predicted molar refractivity (Wildman–Crippen MR) is 72.7 cm³/mol. The minimum Gasteiger partial charge on any atom is -0.465 e. The van der Waals surface area contributed by atoms with E-state index in [-0.39, 0.29) is 12.2 Å². The maximum Gasteiger partial charge on any atom is 0.341 e. The fourth-order valence-corrected chi connectivity index (χ4v) is 2.45. The molecule has 3 rings (SSSR count). The van der Waals surface area contributed by atoms with Gasteiger partial charge in [-0.25, -0.2) is 9.59 Å². The summed E-state index contributed by atoms with van der Waals surface area (Å²) < 4.78 is 9.86. The molecule has 0 bridgehead atoms. The van der Waals surface area contributed by atoms with E-state index in [0.717, 1.165) is 0 Å². The van der Waals surface area contributed by atoms with Crippen LogP contribution in [0, 0.1) is 6.92 Å². The molecule has 0 atom stereocenters. The summed E-state index contributed by atoms with van der Waals surface area (Å²) in [6.07, 6.45) is 3.21. The molecule has 0 fully saturated rings. The Kier molecular flexibility index (Phi) is 3.13. The predicted octanol–water partition coefficient (Wildman–Crippen LogP) is 1.91. The van der Waals surface area contributed by atoms with Gasteiger partial charge in [0.15, 0.2) is 0 Å². The van der Waals surface area contributed by atoms with Gasteiger partial charge in [-0.05, 0) is 13.0 Å². The first-order valence-electron chi connectivity index (χ1n) is 6.32. The average molecular weight is 284 g/mol. The maximum atomic E-state index is 12.1. The van der Waals surface area contributed by atoms with Crippen LogP contribution in [0.2, 0.25) is 0 Å². The lowest BCUT2D eigenvalue weighted by Gasteiger charge is -2.13. The highest BCUT2D eigenvalue weighted by Gasteiger charge is 2.32. The molecule has 0 spiro atoms. The molecule has 0 saturated carbocycles. The Labute approximate surface area is 120 Å². The number of hydrogen-bond donors (Lipinski definition) is 0. The number of aromatic nitrogens is 2. The van der Waals surface area contributed by atoms with E-state index < -0.39 is 11.9 Å². The molecule has 2 aromatic heterocycles. The van der Waals surface area contributed by atoms with Crippen LogP contribution in [0.15, 0.2) is 24.5 Å². The Hall–Kier alpha value is -2.76. The minimum absolute atomic E-state index is 0.115. The number of ether oxygens (including phenoxy) is 2. The van der Waals surface area contributed by atoms with Crippen LogP contribution < -0.4 is 0 Å². The fourth-order valence-electron chi connectivity index (χ4n) is 2.45. The van der Waals surface area contributed by atoms with E-state index in [4.69, 9.17) is 9.47 Å². The topological polar surface area (TPSA) is 78.4 Å². The summed E-state index contributed by atoms with van der Waals surface area (Å²) in [4.78, 5) is 32.4. The number of pyridine rings is 2. The largest absolute Gasteiger partial charge is 0.465 e. The van der Waals surface area contributed by atoms with Crippen LogP contribution in [0.25, 0.3) is 11.1 Å². The van der Waals surface area contributed by atoms with Crippen molar-refractivity contribution in [2.75, 3.05) is 7.11 Å². The highest BCUT2D eigenvalue weighted by atomic mass is 16.5. The second kappa shape index (κ2) is 4.97. The van der Waals surface area contributed by atoms with Crippen molar-refractivity contribution in [1.82, 2.24) is 9.97 Å². The van der Waals surface area contributed by atoms with Crippen molar-refractivity contribution in [3.63, 3.8) is 0 Å². The molecule has 6 nitrogen and oxygen atoms in total. The third-order valence-electron chi connectivity index (χ3n) is 3.34. The van der Waals surface area contributed by atoms with Crippen LogP contribution in [0.1, 0.15) is 32.1 Å². The molecule has 0 unspecified atom stereocenters. The quantitative estimate of drug-likeness (QED) is 0.784. The Balaban J connectivity index is 2.38. The molecule has 0 N–H and O–H groups in total. The molecule has 3 heterocycles. The van der Waals surface area contributed by atoms with Gasteiger partial charge in [0, 0.05) is 23.5 Å². The Bertz CT molecular complexity index is 741. The molecule has 106 valence electrons. The first-order chi connectivity index (χ1) is 10.1. The molecule has 1 aliphatic rings. The van der Waals surface area contributed by atoms with Crippen molar-refractivity contribution in [2.24, 2.45) is 0 Å². The Morgan fingerprint density at radius 3 is 2.86 bits per heavy atom. The number of aryl methyl sites for hydroxylation is 1. The molecule has 21 heavy (non-hydrogen) atoms. The van der Waals surface area contributed by atoms with Crippen LogP contribution in [0.3, 0.4) is 0 Å². The van der Waals surface area contributed by atoms with Gasteiger partial charge in [0.25, 0.3) is 0 Å². The number of nitrogens with zero attached hydrogens (tertiary/aromatic N) is 2. The van der Waals surface area contributed by atoms with Gasteiger partial charge < -0.3 is 9.47 Å². The maximum absolute atomic E-state index is 12.1. The molecule has 0 amide bonds. The van der Waals surface area contributed by atoms with Gasteiger partial charge in [0.1, 0.15) is 6.61 Å². The van der Waals surface area contributed by atoms with E-state index in [1.165, 1.54) is 7.11 Å². The van der Waals surface area contributed by atoms with Crippen LogP contribution in [0.5, 0.6) is 0 Å². The van der Waals surface area contributed by atoms with Gasteiger partial charge in [-0.2, -0.15) is 0 Å². The summed E-state index contributed by atoms with van der Waals surface area (Å²) in [5.74, 6) is -1.03. The summed E-state index contributed by atoms with van der Waals surface area (Å²) >= 11 is 0. The van der Waals surface area contributed by atoms with E-state index in [2.05, 4.69) is 9.97 Å². The zero-order valence-corrected chi connectivity index (χ0v) is 11.5. The summed E-state index contributed by atoms with van der Waals surface area (Å²) in [6.45, 7) is 1.82. The van der Waals surface area contributed by atoms with Crippen molar-refractivity contribution in [1.29, 1.82) is 0 Å². The second-order valence-corrected chi connectivity index (χ2v) is 4.58. The summed E-state index contributed by atoms with van der Waals surface area (Å²) in [5.41, 5.74) is 2.73. The van der Waals surface area contributed by atoms with Gasteiger partial charge in [-0.1, -0.05) is 6.07 Å². The SMILES string of the molecule is COC(=O)c1c(C)nc2c(c1-c1cccnc1)C(=O)OC2. The van der Waals surface area contributed by atoms with Gasteiger partial charge in [0.2, 0.25) is 0 Å². The van der Waals surface area contributed by atoms with Crippen LogP contribution in [-0.4, -0.2) is 29.0 Å². The van der Waals surface area contributed by atoms with Crippen LogP contribution in [0.4, 0.5) is 0 Å². The number of fused-ring (bicyclic) bond motifs is 1. The lowest BCUT2D eigenvalue weighted by Crippen LogP contribution is -2.12. The van der Waals surface area contributed by atoms with Gasteiger partial charge in [0.05, 0.1) is 29.6 Å². The summed E-state index contributed by atoms with van der Waals surface area (Å²) in [7, 11) is 1.29. The van der Waals surface area contributed by atoms with Gasteiger partial charge >= 0.3 is 11.9 Å². The van der Waals surface area contributed by atoms with E-state index in [1.54, 1.807) is 31.5 Å². The third kappa shape index (κ3) is 2.05. The highest BCUT2D eigenvalue weighted by Crippen LogP contribution is 2.34. The molecule has 0 aromatic carbocycles. The van der Waals surface area contributed by atoms with Crippen molar-refractivity contribution >= 4 is 11.9 Å². The third-order valence-corrected chi connectivity index (χ3v) is 3.34. The van der Waals surface area contributed by atoms with Gasteiger partial charge in [-0.3, -0.25) is 9.97 Å². The number of esters is 2. The van der Waals surface area contributed by atoms with Crippen molar-refractivity contribution in [3.8, 4) is 11.1 Å². The summed E-state index contributed by atoms with van der Waals surface area (Å²) in [5, 5.41) is 0. The number of carbonyl (C=O) groups excluding carboxylic acids is 2. The van der Waals surface area contributed by atoms with Gasteiger partial charge in [-0.15, -0.1) is 0 Å². The number of carbonyl (C=O) groups is 2. The molecule has 6 heteroatoms. The first-order valence-corrected chi connectivity index (χ1v) is 6.32. The Morgan fingerprint density at radius 1 is 1.38 bits per heavy atom. The first kappa shape index (κ1) is 13.2. The number of cyclic esters (lactones) is 1. The lowest BCUT2D eigenvalue weighted by molar-refractivity contribution is 0.0533. The molecule has 0 radical (unpaired) electrons. The molecule has 0 aliphatic carbocycles. The number of methoxy groups -OCH3 is 1. The molecular formula is C15H12N2O4. The molecule has 0 saturated heterocycles. The highest BCUT2D eigenvalue weighted by molar-refractivity contribution is 6.08. The van der Waals surface area contributed by atoms with E-state index in [0.29, 0.717) is 28.1 Å². The molecule has 1 aliphatic heterocycles. The number of rotatable bonds is 2. The fraction of sp³-hybridized carbons (Fsp3) is 0.200. The smallest absolute Gasteiger partial charge is 0.341 e. The zero-order valence-electron chi connectivity index (χ0n) is 11.5. The normalized spacial score (nSPS) is 12.8. The monoisotopic (exact) mass is 284 g/mol. The van der Waals surface area contributed by atoms with E-state index in [9.17, 15) is 9.59 Å².